The van der Waals surface area contributed by atoms with Gasteiger partial charge >= 0.3 is 6.18 Å². The number of ether oxygens (including phenoxy) is 2. The summed E-state index contributed by atoms with van der Waals surface area (Å²) in [5, 5.41) is 18.8. The fourth-order valence-corrected chi connectivity index (χ4v) is 5.24. The number of rotatable bonds is 7. The lowest BCUT2D eigenvalue weighted by Gasteiger charge is -2.36. The monoisotopic (exact) mass is 592 g/mol. The topological polar surface area (TPSA) is 131 Å². The quantitative estimate of drug-likeness (QED) is 0.348. The number of benzene rings is 2. The number of hydrogen-bond donors (Lipinski definition) is 1. The van der Waals surface area contributed by atoms with E-state index in [1.807, 2.05) is 0 Å². The van der Waals surface area contributed by atoms with E-state index in [-0.39, 0.29) is 27.5 Å². The maximum atomic E-state index is 15.6. The number of aromatic nitrogens is 2. The zero-order valence-electron chi connectivity index (χ0n) is 22.3. The van der Waals surface area contributed by atoms with E-state index < -0.39 is 61.6 Å². The first-order chi connectivity index (χ1) is 19.1. The zero-order chi connectivity index (χ0) is 30.3. The summed E-state index contributed by atoms with van der Waals surface area (Å²) in [4.78, 5) is 13.2. The predicted molar refractivity (Wildman–Crippen MR) is 138 cm³/mol. The number of alkyl halides is 3. The van der Waals surface area contributed by atoms with E-state index in [0.717, 1.165) is 32.8 Å². The lowest BCUT2D eigenvalue weighted by molar-refractivity contribution is -0.142. The van der Waals surface area contributed by atoms with Crippen LogP contribution in [-0.2, 0) is 21.4 Å². The van der Waals surface area contributed by atoms with Gasteiger partial charge in [-0.1, -0.05) is 6.07 Å². The normalized spacial score (nSPS) is 14.5. The molecule has 1 aliphatic rings. The number of carbonyl (C=O) groups is 1. The van der Waals surface area contributed by atoms with E-state index in [0.29, 0.717) is 12.8 Å². The Labute approximate surface area is 233 Å². The molecule has 1 saturated carbocycles. The molecule has 3 aromatic rings. The second-order valence-corrected chi connectivity index (χ2v) is 11.7. The molecule has 0 unspecified atom stereocenters. The number of sulfone groups is 1. The second kappa shape index (κ2) is 10.6. The maximum absolute atomic E-state index is 15.6. The van der Waals surface area contributed by atoms with Crippen molar-refractivity contribution in [1.29, 1.82) is 5.26 Å². The third-order valence-electron chi connectivity index (χ3n) is 6.90. The molecule has 1 amide bonds. The molecular weight excluding hydrogens is 568 g/mol. The summed E-state index contributed by atoms with van der Waals surface area (Å²) in [6.07, 6.45) is -2.40. The average molecular weight is 593 g/mol. The average Bonchev–Trinajstić information content (AvgIpc) is 2.85. The van der Waals surface area contributed by atoms with Crippen LogP contribution in [0.15, 0.2) is 35.2 Å². The highest BCUT2D eigenvalue weighted by atomic mass is 32.2. The van der Waals surface area contributed by atoms with Gasteiger partial charge in [0.05, 0.1) is 23.5 Å². The van der Waals surface area contributed by atoms with Gasteiger partial charge in [-0.15, -0.1) is 10.2 Å². The largest absolute Gasteiger partial charge is 0.490 e. The van der Waals surface area contributed by atoms with Gasteiger partial charge in [-0.2, -0.15) is 18.4 Å². The summed E-state index contributed by atoms with van der Waals surface area (Å²) in [6.45, 7) is 2.51. The van der Waals surface area contributed by atoms with Crippen molar-refractivity contribution in [2.24, 2.45) is 0 Å². The molecule has 1 aliphatic carbocycles. The van der Waals surface area contributed by atoms with Gasteiger partial charge in [0.1, 0.15) is 5.56 Å². The van der Waals surface area contributed by atoms with Crippen molar-refractivity contribution in [2.75, 3.05) is 18.7 Å². The SMILES string of the molecule is COc1c(F)c(C2(C#N)CCC2)cc(C)c1Oc1nnc(C(F)(F)F)c(C)c1C(=O)Nc1cccc(S(C)(=O)=O)c1. The highest BCUT2D eigenvalue weighted by molar-refractivity contribution is 7.90. The number of nitrogens with one attached hydrogen (secondary N) is 1. The molecule has 1 fully saturated rings. The summed E-state index contributed by atoms with van der Waals surface area (Å²) >= 11 is 0. The number of carbonyl (C=O) groups excluding carboxylic acids is 1. The third kappa shape index (κ3) is 5.54. The Hall–Kier alpha value is -4.25. The van der Waals surface area contributed by atoms with Gasteiger partial charge in [0.2, 0.25) is 0 Å². The first kappa shape index (κ1) is 29.7. The highest BCUT2D eigenvalue weighted by Gasteiger charge is 2.43. The third-order valence-corrected chi connectivity index (χ3v) is 8.01. The van der Waals surface area contributed by atoms with Gasteiger partial charge in [0.15, 0.2) is 32.8 Å². The van der Waals surface area contributed by atoms with Crippen LogP contribution in [0.2, 0.25) is 0 Å². The number of methoxy groups -OCH3 is 1. The molecule has 9 nitrogen and oxygen atoms in total. The second-order valence-electron chi connectivity index (χ2n) is 9.67. The van der Waals surface area contributed by atoms with Crippen molar-refractivity contribution in [3.8, 4) is 23.4 Å². The fraction of sp³-hybridized carbons (Fsp3) is 0.333. The molecule has 14 heteroatoms. The number of aryl methyl sites for hydroxylation is 1. The minimum absolute atomic E-state index is 0.0277. The Bertz CT molecular complexity index is 1700. The molecule has 0 spiro atoms. The van der Waals surface area contributed by atoms with Gasteiger partial charge < -0.3 is 14.8 Å². The number of nitriles is 1. The lowest BCUT2D eigenvalue weighted by atomic mass is 9.65. The smallest absolute Gasteiger partial charge is 0.435 e. The minimum atomic E-state index is -4.98. The number of anilines is 1. The Balaban J connectivity index is 1.83. The first-order valence-electron chi connectivity index (χ1n) is 12.2. The molecule has 1 N–H and O–H groups in total. The predicted octanol–water partition coefficient (Wildman–Crippen LogP) is 5.65. The fourth-order valence-electron chi connectivity index (χ4n) is 4.58. The molecule has 0 atom stereocenters. The van der Waals surface area contributed by atoms with Crippen LogP contribution in [0, 0.1) is 31.0 Å². The summed E-state index contributed by atoms with van der Waals surface area (Å²) in [5.74, 6) is -3.38. The minimum Gasteiger partial charge on any atom is -0.490 e. The summed E-state index contributed by atoms with van der Waals surface area (Å²) in [6, 6.07) is 8.66. The number of halogens is 4. The van der Waals surface area contributed by atoms with E-state index in [9.17, 15) is 31.6 Å². The van der Waals surface area contributed by atoms with Crippen LogP contribution in [0.25, 0.3) is 0 Å². The van der Waals surface area contributed by atoms with Crippen LogP contribution in [0.4, 0.5) is 23.2 Å². The van der Waals surface area contributed by atoms with Gasteiger partial charge in [-0.25, -0.2) is 12.8 Å². The summed E-state index contributed by atoms with van der Waals surface area (Å²) < 4.78 is 91.5. The molecule has 4 rings (SSSR count). The molecule has 0 saturated heterocycles. The van der Waals surface area contributed by atoms with E-state index in [1.165, 1.54) is 31.2 Å². The first-order valence-corrected chi connectivity index (χ1v) is 14.0. The molecule has 216 valence electrons. The summed E-state index contributed by atoms with van der Waals surface area (Å²) in [7, 11) is -2.50. The number of amides is 1. The van der Waals surface area contributed by atoms with Crippen molar-refractivity contribution >= 4 is 21.4 Å². The van der Waals surface area contributed by atoms with E-state index >= 15 is 4.39 Å². The lowest BCUT2D eigenvalue weighted by Crippen LogP contribution is -2.33. The Morgan fingerprint density at radius 1 is 1.15 bits per heavy atom. The van der Waals surface area contributed by atoms with Gasteiger partial charge in [0, 0.05) is 17.5 Å². The molecule has 0 bridgehead atoms. The molecule has 41 heavy (non-hydrogen) atoms. The highest BCUT2D eigenvalue weighted by Crippen LogP contribution is 2.49. The van der Waals surface area contributed by atoms with E-state index in [4.69, 9.17) is 9.47 Å². The summed E-state index contributed by atoms with van der Waals surface area (Å²) in [5.41, 5.74) is -3.46. The van der Waals surface area contributed by atoms with Crippen molar-refractivity contribution in [3.05, 3.63) is 64.1 Å². The Morgan fingerprint density at radius 2 is 1.83 bits per heavy atom. The van der Waals surface area contributed by atoms with Crippen LogP contribution >= 0.6 is 0 Å². The molecule has 1 aromatic heterocycles. The van der Waals surface area contributed by atoms with E-state index in [2.05, 4.69) is 21.6 Å². The van der Waals surface area contributed by atoms with Crippen LogP contribution in [0.3, 0.4) is 0 Å². The molecule has 0 aliphatic heterocycles. The van der Waals surface area contributed by atoms with Gasteiger partial charge in [0.25, 0.3) is 11.8 Å². The van der Waals surface area contributed by atoms with Crippen LogP contribution in [0.1, 0.15) is 52.0 Å². The zero-order valence-corrected chi connectivity index (χ0v) is 23.1. The molecular formula is C27H24F4N4O5S. The number of nitrogens with zero attached hydrogens (tertiary/aromatic N) is 3. The van der Waals surface area contributed by atoms with Crippen LogP contribution in [-0.4, -0.2) is 37.9 Å². The van der Waals surface area contributed by atoms with Gasteiger partial charge in [-0.05, 0) is 68.5 Å². The van der Waals surface area contributed by atoms with Crippen LogP contribution in [0.5, 0.6) is 17.4 Å². The van der Waals surface area contributed by atoms with Crippen LogP contribution < -0.4 is 14.8 Å². The molecule has 2 aromatic carbocycles. The van der Waals surface area contributed by atoms with Gasteiger partial charge in [-0.3, -0.25) is 4.79 Å². The van der Waals surface area contributed by atoms with Crippen molar-refractivity contribution in [2.45, 2.75) is 49.6 Å². The molecule has 1 heterocycles. The van der Waals surface area contributed by atoms with Crippen molar-refractivity contribution in [1.82, 2.24) is 10.2 Å². The standard InChI is InChI=1S/C27H24F4N4O5S/c1-14-11-18(26(13-32)9-6-10-26)20(28)22(39-3)21(14)40-25-19(15(2)23(34-35-25)27(29,30)31)24(36)33-16-7-5-8-17(12-16)41(4,37)38/h5,7-8,11-12H,6,9-10H2,1-4H3,(H,33,36). The Kier molecular flexibility index (Phi) is 7.70. The van der Waals surface area contributed by atoms with Crippen molar-refractivity contribution < 1.29 is 40.2 Å². The molecule has 0 radical (unpaired) electrons. The van der Waals surface area contributed by atoms with E-state index in [1.54, 1.807) is 0 Å². The maximum Gasteiger partial charge on any atom is 0.435 e. The Morgan fingerprint density at radius 3 is 2.37 bits per heavy atom. The number of hydrogen-bond acceptors (Lipinski definition) is 8. The van der Waals surface area contributed by atoms with Crippen molar-refractivity contribution in [3.63, 3.8) is 0 Å².